The Morgan fingerprint density at radius 2 is 2.10 bits per heavy atom. The fraction of sp³-hybridized carbons (Fsp3) is 0.583. The standard InChI is InChI=1S/C12H18N4O5/c1-7(12(18)19)6-13-10(17)4-5-15-9(3)11(16(20)21)8(2)14-15/h7H,4-6H2,1-3H3,(H,13,17)(H,18,19). The summed E-state index contributed by atoms with van der Waals surface area (Å²) in [6.45, 7) is 4.85. The average molecular weight is 298 g/mol. The molecular formula is C12H18N4O5. The lowest BCUT2D eigenvalue weighted by Crippen LogP contribution is -2.32. The highest BCUT2D eigenvalue weighted by molar-refractivity contribution is 5.77. The lowest BCUT2D eigenvalue weighted by Gasteiger charge is -2.08. The average Bonchev–Trinajstić information content (AvgIpc) is 2.67. The van der Waals surface area contributed by atoms with Crippen LogP contribution in [0.3, 0.4) is 0 Å². The molecule has 21 heavy (non-hydrogen) atoms. The van der Waals surface area contributed by atoms with Crippen molar-refractivity contribution in [1.29, 1.82) is 0 Å². The van der Waals surface area contributed by atoms with E-state index in [1.807, 2.05) is 0 Å². The molecule has 0 bridgehead atoms. The quantitative estimate of drug-likeness (QED) is 0.561. The minimum atomic E-state index is -0.982. The maximum atomic E-state index is 11.6. The summed E-state index contributed by atoms with van der Waals surface area (Å²) < 4.78 is 1.41. The molecule has 1 heterocycles. The van der Waals surface area contributed by atoms with Crippen LogP contribution in [0, 0.1) is 29.9 Å². The molecule has 2 N–H and O–H groups in total. The number of rotatable bonds is 7. The number of nitro groups is 1. The molecule has 1 atom stereocenters. The van der Waals surface area contributed by atoms with E-state index in [2.05, 4.69) is 10.4 Å². The van der Waals surface area contributed by atoms with Gasteiger partial charge in [-0.25, -0.2) is 0 Å². The number of carbonyl (C=O) groups is 2. The number of hydrogen-bond donors (Lipinski definition) is 2. The van der Waals surface area contributed by atoms with E-state index in [4.69, 9.17) is 5.11 Å². The van der Waals surface area contributed by atoms with Gasteiger partial charge in [-0.3, -0.25) is 24.4 Å². The van der Waals surface area contributed by atoms with Gasteiger partial charge in [0.1, 0.15) is 11.4 Å². The van der Waals surface area contributed by atoms with E-state index in [0.717, 1.165) is 0 Å². The van der Waals surface area contributed by atoms with Gasteiger partial charge in [-0.15, -0.1) is 0 Å². The van der Waals surface area contributed by atoms with E-state index in [9.17, 15) is 19.7 Å². The molecule has 1 rings (SSSR count). The van der Waals surface area contributed by atoms with Gasteiger partial charge < -0.3 is 10.4 Å². The van der Waals surface area contributed by atoms with Gasteiger partial charge in [0.25, 0.3) is 0 Å². The molecule has 0 radical (unpaired) electrons. The van der Waals surface area contributed by atoms with Gasteiger partial charge in [0, 0.05) is 13.0 Å². The van der Waals surface area contributed by atoms with Gasteiger partial charge in [-0.1, -0.05) is 6.92 Å². The van der Waals surface area contributed by atoms with Crippen molar-refractivity contribution in [3.8, 4) is 0 Å². The second-order valence-corrected chi connectivity index (χ2v) is 4.79. The Hall–Kier alpha value is -2.45. The van der Waals surface area contributed by atoms with E-state index >= 15 is 0 Å². The lowest BCUT2D eigenvalue weighted by atomic mass is 10.2. The number of carboxylic acids is 1. The summed E-state index contributed by atoms with van der Waals surface area (Å²) >= 11 is 0. The Balaban J connectivity index is 2.56. The second kappa shape index (κ2) is 6.82. The van der Waals surface area contributed by atoms with Gasteiger partial charge in [0.05, 0.1) is 17.4 Å². The summed E-state index contributed by atoms with van der Waals surface area (Å²) in [5.74, 6) is -1.97. The summed E-state index contributed by atoms with van der Waals surface area (Å²) in [5.41, 5.74) is 0.650. The molecule has 1 aromatic heterocycles. The fourth-order valence-corrected chi connectivity index (χ4v) is 1.82. The zero-order valence-electron chi connectivity index (χ0n) is 12.1. The summed E-state index contributed by atoms with van der Waals surface area (Å²) in [6, 6.07) is 0. The number of amides is 1. The molecule has 0 aliphatic carbocycles. The molecule has 9 nitrogen and oxygen atoms in total. The molecule has 0 fully saturated rings. The summed E-state index contributed by atoms with van der Waals surface area (Å²) in [7, 11) is 0. The molecule has 0 saturated heterocycles. The summed E-state index contributed by atoms with van der Waals surface area (Å²) in [4.78, 5) is 32.6. The molecule has 1 aromatic rings. The number of nitrogens with zero attached hydrogens (tertiary/aromatic N) is 3. The SMILES string of the molecule is Cc1nn(CCC(=O)NCC(C)C(=O)O)c(C)c1[N+](=O)[O-]. The maximum absolute atomic E-state index is 11.6. The number of hydrogen-bond acceptors (Lipinski definition) is 5. The number of carbonyl (C=O) groups excluding carboxylic acids is 1. The predicted octanol–water partition coefficient (Wildman–Crippen LogP) is 0.635. The van der Waals surface area contributed by atoms with Crippen molar-refractivity contribution in [2.24, 2.45) is 5.92 Å². The van der Waals surface area contributed by atoms with Gasteiger partial charge in [-0.2, -0.15) is 5.10 Å². The van der Waals surface area contributed by atoms with Crippen LogP contribution < -0.4 is 5.32 Å². The second-order valence-electron chi connectivity index (χ2n) is 4.79. The number of carboxylic acid groups (broad SMARTS) is 1. The Morgan fingerprint density at radius 3 is 2.57 bits per heavy atom. The van der Waals surface area contributed by atoms with E-state index in [1.54, 1.807) is 6.92 Å². The van der Waals surface area contributed by atoms with Crippen LogP contribution in [-0.2, 0) is 16.1 Å². The van der Waals surface area contributed by atoms with E-state index in [1.165, 1.54) is 18.5 Å². The normalized spacial score (nSPS) is 12.0. The molecule has 0 saturated carbocycles. The minimum absolute atomic E-state index is 0.0464. The topological polar surface area (TPSA) is 127 Å². The predicted molar refractivity (Wildman–Crippen MR) is 72.8 cm³/mol. The Bertz CT molecular complexity index is 566. The van der Waals surface area contributed by atoms with Crippen LogP contribution in [0.4, 0.5) is 5.69 Å². The van der Waals surface area contributed by atoms with Crippen molar-refractivity contribution in [1.82, 2.24) is 15.1 Å². The Morgan fingerprint density at radius 1 is 1.48 bits per heavy atom. The van der Waals surface area contributed by atoms with Gasteiger partial charge >= 0.3 is 11.7 Å². The highest BCUT2D eigenvalue weighted by Gasteiger charge is 2.21. The first-order chi connectivity index (χ1) is 9.73. The van der Waals surface area contributed by atoms with Crippen molar-refractivity contribution in [3.63, 3.8) is 0 Å². The number of aromatic nitrogens is 2. The van der Waals surface area contributed by atoms with Crippen molar-refractivity contribution < 1.29 is 19.6 Å². The molecule has 0 spiro atoms. The van der Waals surface area contributed by atoms with Crippen LogP contribution in [0.25, 0.3) is 0 Å². The number of nitrogens with one attached hydrogen (secondary N) is 1. The van der Waals surface area contributed by atoms with E-state index in [-0.39, 0.29) is 31.1 Å². The van der Waals surface area contributed by atoms with Crippen LogP contribution in [0.15, 0.2) is 0 Å². The van der Waals surface area contributed by atoms with Gasteiger partial charge in [-0.05, 0) is 13.8 Å². The highest BCUT2D eigenvalue weighted by atomic mass is 16.6. The van der Waals surface area contributed by atoms with Crippen molar-refractivity contribution in [2.75, 3.05) is 6.54 Å². The van der Waals surface area contributed by atoms with Gasteiger partial charge in [0.15, 0.2) is 0 Å². The molecular weight excluding hydrogens is 280 g/mol. The first kappa shape index (κ1) is 16.6. The third kappa shape index (κ3) is 4.26. The summed E-state index contributed by atoms with van der Waals surface area (Å²) in [5, 5.41) is 26.1. The maximum Gasteiger partial charge on any atom is 0.312 e. The fourth-order valence-electron chi connectivity index (χ4n) is 1.82. The van der Waals surface area contributed by atoms with Crippen molar-refractivity contribution in [2.45, 2.75) is 33.7 Å². The molecule has 116 valence electrons. The molecule has 9 heteroatoms. The van der Waals surface area contributed by atoms with Crippen LogP contribution in [-0.4, -0.2) is 38.2 Å². The van der Waals surface area contributed by atoms with Crippen LogP contribution >= 0.6 is 0 Å². The lowest BCUT2D eigenvalue weighted by molar-refractivity contribution is -0.386. The third-order valence-corrected chi connectivity index (χ3v) is 3.10. The minimum Gasteiger partial charge on any atom is -0.481 e. The zero-order chi connectivity index (χ0) is 16.2. The molecule has 0 aliphatic rings. The monoisotopic (exact) mass is 298 g/mol. The summed E-state index contributed by atoms with van der Waals surface area (Å²) in [6.07, 6.45) is 0.0749. The van der Waals surface area contributed by atoms with Crippen LogP contribution in [0.5, 0.6) is 0 Å². The molecule has 0 aromatic carbocycles. The zero-order valence-corrected chi connectivity index (χ0v) is 12.1. The smallest absolute Gasteiger partial charge is 0.312 e. The van der Waals surface area contributed by atoms with Crippen molar-refractivity contribution >= 4 is 17.6 Å². The third-order valence-electron chi connectivity index (χ3n) is 3.10. The number of aryl methyl sites for hydroxylation is 2. The Kier molecular flexibility index (Phi) is 5.39. The number of aliphatic carboxylic acids is 1. The van der Waals surface area contributed by atoms with Crippen molar-refractivity contribution in [3.05, 3.63) is 21.5 Å². The molecule has 1 amide bonds. The molecule has 0 aliphatic heterocycles. The molecule has 1 unspecified atom stereocenters. The van der Waals surface area contributed by atoms with E-state index in [0.29, 0.717) is 11.4 Å². The first-order valence-corrected chi connectivity index (χ1v) is 6.42. The Labute approximate surface area is 121 Å². The van der Waals surface area contributed by atoms with Gasteiger partial charge in [0.2, 0.25) is 5.91 Å². The van der Waals surface area contributed by atoms with E-state index < -0.39 is 16.8 Å². The van der Waals surface area contributed by atoms with Crippen LogP contribution in [0.2, 0.25) is 0 Å². The van der Waals surface area contributed by atoms with Crippen LogP contribution in [0.1, 0.15) is 24.7 Å². The highest BCUT2D eigenvalue weighted by Crippen LogP contribution is 2.21. The largest absolute Gasteiger partial charge is 0.481 e. The first-order valence-electron chi connectivity index (χ1n) is 6.42.